The van der Waals surface area contributed by atoms with Crippen LogP contribution in [0.3, 0.4) is 0 Å². The lowest BCUT2D eigenvalue weighted by Gasteiger charge is -2.10. The zero-order valence-electron chi connectivity index (χ0n) is 14.3. The van der Waals surface area contributed by atoms with Gasteiger partial charge < -0.3 is 4.74 Å². The van der Waals surface area contributed by atoms with Crippen LogP contribution < -0.4 is 4.72 Å². The highest BCUT2D eigenvalue weighted by Gasteiger charge is 2.19. The minimum atomic E-state index is -3.69. The Labute approximate surface area is 160 Å². The normalized spacial score (nSPS) is 11.2. The van der Waals surface area contributed by atoms with Crippen LogP contribution in [-0.4, -0.2) is 33.3 Å². The molecule has 2 rings (SSSR count). The molecule has 6 nitrogen and oxygen atoms in total. The summed E-state index contributed by atoms with van der Waals surface area (Å²) in [5.74, 6) is -1.10. The van der Waals surface area contributed by atoms with E-state index < -0.39 is 22.6 Å². The topological polar surface area (TPSA) is 89.5 Å². The van der Waals surface area contributed by atoms with Crippen molar-refractivity contribution in [3.63, 3.8) is 0 Å². The summed E-state index contributed by atoms with van der Waals surface area (Å²) in [7, 11) is -3.69. The number of Topliss-reactive ketones (excluding diaryl/α,β-unsaturated/α-hetero) is 1. The molecular weight excluding hydrogens is 422 g/mol. The van der Waals surface area contributed by atoms with Crippen molar-refractivity contribution >= 4 is 37.7 Å². The molecule has 138 valence electrons. The van der Waals surface area contributed by atoms with Gasteiger partial charge in [-0.15, -0.1) is 0 Å². The van der Waals surface area contributed by atoms with Crippen molar-refractivity contribution in [2.24, 2.45) is 0 Å². The number of hydrogen-bond donors (Lipinski definition) is 1. The zero-order chi connectivity index (χ0) is 19.3. The Morgan fingerprint density at radius 1 is 1.12 bits per heavy atom. The number of carbonyl (C=O) groups excluding carboxylic acids is 2. The largest absolute Gasteiger partial charge is 0.454 e. The molecule has 0 unspecified atom stereocenters. The van der Waals surface area contributed by atoms with Gasteiger partial charge in [0.05, 0.1) is 10.5 Å². The lowest BCUT2D eigenvalue weighted by atomic mass is 10.1. The molecule has 0 aliphatic carbocycles. The summed E-state index contributed by atoms with van der Waals surface area (Å²) in [5.41, 5.74) is 1.08. The molecule has 0 aromatic heterocycles. The predicted octanol–water partition coefficient (Wildman–Crippen LogP) is 3.10. The van der Waals surface area contributed by atoms with Crippen molar-refractivity contribution in [1.82, 2.24) is 4.72 Å². The highest BCUT2D eigenvalue weighted by Crippen LogP contribution is 2.17. The number of nitrogens with one attached hydrogen (secondary N) is 1. The van der Waals surface area contributed by atoms with E-state index in [-0.39, 0.29) is 22.8 Å². The third kappa shape index (κ3) is 5.00. The summed E-state index contributed by atoms with van der Waals surface area (Å²) in [6.07, 6.45) is 0. The first-order valence-corrected chi connectivity index (χ1v) is 10.1. The molecular formula is C18H18BrNO5S. The lowest BCUT2D eigenvalue weighted by Crippen LogP contribution is -2.23. The number of rotatable bonds is 7. The van der Waals surface area contributed by atoms with Gasteiger partial charge in [-0.05, 0) is 36.8 Å². The molecule has 0 bridgehead atoms. The first-order chi connectivity index (χ1) is 12.2. The van der Waals surface area contributed by atoms with Gasteiger partial charge in [-0.1, -0.05) is 41.1 Å². The van der Waals surface area contributed by atoms with Crippen LogP contribution in [0.5, 0.6) is 0 Å². The maximum Gasteiger partial charge on any atom is 0.338 e. The van der Waals surface area contributed by atoms with E-state index in [9.17, 15) is 18.0 Å². The molecule has 0 spiro atoms. The van der Waals surface area contributed by atoms with Gasteiger partial charge >= 0.3 is 5.97 Å². The van der Waals surface area contributed by atoms with Crippen LogP contribution in [0.2, 0.25) is 0 Å². The second kappa shape index (κ2) is 8.57. The molecule has 0 aliphatic heterocycles. The summed E-state index contributed by atoms with van der Waals surface area (Å²) < 4.78 is 32.4. The van der Waals surface area contributed by atoms with Gasteiger partial charge in [0.15, 0.2) is 12.4 Å². The van der Waals surface area contributed by atoms with E-state index in [0.717, 1.165) is 4.47 Å². The van der Waals surface area contributed by atoms with Crippen LogP contribution in [-0.2, 0) is 14.8 Å². The maximum atomic E-state index is 12.3. The smallest absolute Gasteiger partial charge is 0.338 e. The maximum absolute atomic E-state index is 12.3. The number of halogens is 1. The number of ether oxygens (including phenoxy) is 1. The van der Waals surface area contributed by atoms with Crippen LogP contribution >= 0.6 is 15.9 Å². The third-order valence-electron chi connectivity index (χ3n) is 3.57. The molecule has 0 amide bonds. The lowest BCUT2D eigenvalue weighted by molar-refractivity contribution is 0.0473. The van der Waals surface area contributed by atoms with E-state index in [1.165, 1.54) is 18.2 Å². The average Bonchev–Trinajstić information content (AvgIpc) is 2.60. The Morgan fingerprint density at radius 3 is 2.38 bits per heavy atom. The quantitative estimate of drug-likeness (QED) is 0.528. The number of sulfonamides is 1. The summed E-state index contributed by atoms with van der Waals surface area (Å²) >= 11 is 3.28. The molecule has 0 fully saturated rings. The summed E-state index contributed by atoms with van der Waals surface area (Å²) in [5, 5.41) is 0. The van der Waals surface area contributed by atoms with Crippen LogP contribution in [0.25, 0.3) is 0 Å². The number of carbonyl (C=O) groups is 2. The van der Waals surface area contributed by atoms with Gasteiger partial charge in [-0.25, -0.2) is 17.9 Å². The molecule has 0 saturated heterocycles. The second-order valence-electron chi connectivity index (χ2n) is 5.48. The standard InChI is InChI=1S/C18H18BrNO5S/c1-3-20-26(23,24)15-9-4-12(2)16(10-15)18(22)25-11-17(21)13-5-7-14(19)8-6-13/h4-10,20H,3,11H2,1-2H3. The number of hydrogen-bond acceptors (Lipinski definition) is 5. The first-order valence-electron chi connectivity index (χ1n) is 7.81. The van der Waals surface area contributed by atoms with Crippen molar-refractivity contribution in [2.45, 2.75) is 18.7 Å². The minimum absolute atomic E-state index is 0.0314. The van der Waals surface area contributed by atoms with Crippen molar-refractivity contribution < 1.29 is 22.7 Å². The molecule has 1 N–H and O–H groups in total. The Balaban J connectivity index is 2.14. The average molecular weight is 440 g/mol. The Morgan fingerprint density at radius 2 is 1.77 bits per heavy atom. The molecule has 0 atom stereocenters. The van der Waals surface area contributed by atoms with Crippen molar-refractivity contribution in [3.05, 3.63) is 63.6 Å². The van der Waals surface area contributed by atoms with Gasteiger partial charge in [0, 0.05) is 16.6 Å². The minimum Gasteiger partial charge on any atom is -0.454 e. The number of esters is 1. The van der Waals surface area contributed by atoms with Crippen LogP contribution in [0, 0.1) is 6.92 Å². The highest BCUT2D eigenvalue weighted by atomic mass is 79.9. The fourth-order valence-electron chi connectivity index (χ4n) is 2.19. The zero-order valence-corrected chi connectivity index (χ0v) is 16.7. The second-order valence-corrected chi connectivity index (χ2v) is 8.17. The van der Waals surface area contributed by atoms with E-state index in [1.54, 1.807) is 38.1 Å². The molecule has 0 saturated carbocycles. The molecule has 0 aliphatic rings. The SMILES string of the molecule is CCNS(=O)(=O)c1ccc(C)c(C(=O)OCC(=O)c2ccc(Br)cc2)c1. The fourth-order valence-corrected chi connectivity index (χ4v) is 3.52. The third-order valence-corrected chi connectivity index (χ3v) is 5.65. The Hall–Kier alpha value is -2.03. The van der Waals surface area contributed by atoms with Gasteiger partial charge in [-0.2, -0.15) is 0 Å². The van der Waals surface area contributed by atoms with Crippen molar-refractivity contribution in [2.75, 3.05) is 13.2 Å². The molecule has 26 heavy (non-hydrogen) atoms. The van der Waals surface area contributed by atoms with E-state index >= 15 is 0 Å². The van der Waals surface area contributed by atoms with E-state index in [0.29, 0.717) is 11.1 Å². The summed E-state index contributed by atoms with van der Waals surface area (Å²) in [6.45, 7) is 3.13. The van der Waals surface area contributed by atoms with Crippen LogP contribution in [0.1, 0.15) is 33.2 Å². The molecule has 2 aromatic rings. The van der Waals surface area contributed by atoms with Crippen molar-refractivity contribution in [1.29, 1.82) is 0 Å². The summed E-state index contributed by atoms with van der Waals surface area (Å²) in [6, 6.07) is 10.9. The highest BCUT2D eigenvalue weighted by molar-refractivity contribution is 9.10. The van der Waals surface area contributed by atoms with Crippen LogP contribution in [0.15, 0.2) is 51.8 Å². The molecule has 0 radical (unpaired) electrons. The number of benzene rings is 2. The number of aryl methyl sites for hydroxylation is 1. The predicted molar refractivity (Wildman–Crippen MR) is 101 cm³/mol. The van der Waals surface area contributed by atoms with E-state index in [1.807, 2.05) is 0 Å². The molecule has 0 heterocycles. The van der Waals surface area contributed by atoms with Crippen molar-refractivity contribution in [3.8, 4) is 0 Å². The van der Waals surface area contributed by atoms with E-state index in [2.05, 4.69) is 20.7 Å². The Bertz CT molecular complexity index is 923. The molecule has 8 heteroatoms. The Kier molecular flexibility index (Phi) is 6.69. The van der Waals surface area contributed by atoms with Gasteiger partial charge in [0.1, 0.15) is 0 Å². The van der Waals surface area contributed by atoms with Gasteiger partial charge in [0.2, 0.25) is 10.0 Å². The monoisotopic (exact) mass is 439 g/mol. The van der Waals surface area contributed by atoms with E-state index in [4.69, 9.17) is 4.74 Å². The van der Waals surface area contributed by atoms with Gasteiger partial charge in [0.25, 0.3) is 0 Å². The fraction of sp³-hybridized carbons (Fsp3) is 0.222. The number of ketones is 1. The summed E-state index contributed by atoms with van der Waals surface area (Å²) in [4.78, 5) is 24.4. The van der Waals surface area contributed by atoms with Gasteiger partial charge in [-0.3, -0.25) is 4.79 Å². The van der Waals surface area contributed by atoms with Crippen LogP contribution in [0.4, 0.5) is 0 Å². The first kappa shape index (κ1) is 20.3. The molecule has 2 aromatic carbocycles.